The first-order chi connectivity index (χ1) is 11.0. The first-order valence-electron chi connectivity index (χ1n) is 7.54. The highest BCUT2D eigenvalue weighted by Crippen LogP contribution is 2.23. The summed E-state index contributed by atoms with van der Waals surface area (Å²) >= 11 is 10.3. The third kappa shape index (κ3) is 5.54. The molecule has 0 heterocycles. The van der Waals surface area contributed by atoms with Crippen molar-refractivity contribution < 1.29 is 8.78 Å². The first kappa shape index (κ1) is 17.8. The lowest BCUT2D eigenvalue weighted by molar-refractivity contribution is 0.308. The van der Waals surface area contributed by atoms with Crippen LogP contribution in [0, 0.1) is 17.6 Å². The number of benzene rings is 1. The van der Waals surface area contributed by atoms with E-state index in [4.69, 9.17) is 24.4 Å². The van der Waals surface area contributed by atoms with Crippen LogP contribution in [0.4, 0.5) is 14.5 Å². The van der Waals surface area contributed by atoms with Gasteiger partial charge < -0.3 is 10.6 Å². The third-order valence-electron chi connectivity index (χ3n) is 3.90. The van der Waals surface area contributed by atoms with Gasteiger partial charge in [-0.1, -0.05) is 19.8 Å². The predicted octanol–water partition coefficient (Wildman–Crippen LogP) is 3.21. The van der Waals surface area contributed by atoms with E-state index in [0.29, 0.717) is 17.1 Å². The van der Waals surface area contributed by atoms with Crippen molar-refractivity contribution in [1.29, 1.82) is 0 Å². The molecule has 23 heavy (non-hydrogen) atoms. The fourth-order valence-corrected chi connectivity index (χ4v) is 2.96. The number of rotatable bonds is 2. The van der Waals surface area contributed by atoms with Crippen molar-refractivity contribution in [2.45, 2.75) is 38.6 Å². The fourth-order valence-electron chi connectivity index (χ4n) is 2.59. The Bertz CT molecular complexity index is 583. The van der Waals surface area contributed by atoms with Gasteiger partial charge in [-0.2, -0.15) is 0 Å². The lowest BCUT2D eigenvalue weighted by atomic mass is 9.86. The van der Waals surface area contributed by atoms with Gasteiger partial charge in [-0.15, -0.1) is 0 Å². The molecule has 0 amide bonds. The third-order valence-corrected chi connectivity index (χ3v) is 4.32. The summed E-state index contributed by atoms with van der Waals surface area (Å²) in [4.78, 5) is 0. The van der Waals surface area contributed by atoms with Gasteiger partial charge in [0.05, 0.1) is 5.69 Å². The van der Waals surface area contributed by atoms with Crippen LogP contribution in [0.15, 0.2) is 18.2 Å². The Balaban J connectivity index is 1.76. The quantitative estimate of drug-likeness (QED) is 0.481. The average molecular weight is 358 g/mol. The van der Waals surface area contributed by atoms with Gasteiger partial charge in [0.1, 0.15) is 11.6 Å². The van der Waals surface area contributed by atoms with Gasteiger partial charge in [-0.25, -0.2) is 8.78 Å². The molecule has 1 aliphatic rings. The van der Waals surface area contributed by atoms with E-state index >= 15 is 0 Å². The molecule has 0 aliphatic heterocycles. The van der Waals surface area contributed by atoms with E-state index < -0.39 is 11.6 Å². The van der Waals surface area contributed by atoms with E-state index in [9.17, 15) is 8.78 Å². The van der Waals surface area contributed by atoms with Crippen LogP contribution in [0.1, 0.15) is 32.6 Å². The molecule has 1 aromatic carbocycles. The second kappa shape index (κ2) is 8.35. The molecule has 2 rings (SSSR count). The van der Waals surface area contributed by atoms with Gasteiger partial charge in [-0.3, -0.25) is 10.9 Å². The van der Waals surface area contributed by atoms with Crippen LogP contribution in [0.3, 0.4) is 0 Å². The number of hydrazine groups is 1. The normalized spacial score (nSPS) is 20.5. The number of thiocarbonyl (C=S) groups is 2. The van der Waals surface area contributed by atoms with Crippen molar-refractivity contribution in [3.63, 3.8) is 0 Å². The highest BCUT2D eigenvalue weighted by molar-refractivity contribution is 7.80. The largest absolute Gasteiger partial charge is 0.358 e. The van der Waals surface area contributed by atoms with E-state index in [2.05, 4.69) is 28.4 Å². The van der Waals surface area contributed by atoms with Gasteiger partial charge in [0.25, 0.3) is 0 Å². The Morgan fingerprint density at radius 1 is 1.09 bits per heavy atom. The highest BCUT2D eigenvalue weighted by atomic mass is 32.1. The summed E-state index contributed by atoms with van der Waals surface area (Å²) in [5, 5.41) is 6.46. The van der Waals surface area contributed by atoms with Crippen LogP contribution in [-0.2, 0) is 0 Å². The van der Waals surface area contributed by atoms with Crippen LogP contribution in [0.25, 0.3) is 0 Å². The molecule has 0 bridgehead atoms. The maximum atomic E-state index is 13.5. The van der Waals surface area contributed by atoms with E-state index in [1.807, 2.05) is 0 Å². The minimum absolute atomic E-state index is 0.0884. The van der Waals surface area contributed by atoms with Crippen LogP contribution in [-0.4, -0.2) is 16.3 Å². The molecule has 1 saturated carbocycles. The zero-order chi connectivity index (χ0) is 16.8. The topological polar surface area (TPSA) is 48.1 Å². The molecule has 0 aromatic heterocycles. The molecule has 4 nitrogen and oxygen atoms in total. The summed E-state index contributed by atoms with van der Waals surface area (Å²) in [5.41, 5.74) is 5.54. The maximum absolute atomic E-state index is 13.5. The fraction of sp³-hybridized carbons (Fsp3) is 0.467. The molecule has 8 heteroatoms. The van der Waals surface area contributed by atoms with Crippen molar-refractivity contribution in [2.75, 3.05) is 5.32 Å². The van der Waals surface area contributed by atoms with Gasteiger partial charge >= 0.3 is 0 Å². The van der Waals surface area contributed by atoms with Crippen molar-refractivity contribution in [1.82, 2.24) is 16.2 Å². The molecule has 4 N–H and O–H groups in total. The van der Waals surface area contributed by atoms with Crippen molar-refractivity contribution in [3.05, 3.63) is 29.8 Å². The number of nitrogens with one attached hydrogen (secondary N) is 4. The van der Waals surface area contributed by atoms with Gasteiger partial charge in [-0.05, 0) is 55.3 Å². The second-order valence-corrected chi connectivity index (χ2v) is 6.49. The van der Waals surface area contributed by atoms with Crippen LogP contribution in [0.5, 0.6) is 0 Å². The molecule has 126 valence electrons. The van der Waals surface area contributed by atoms with Crippen molar-refractivity contribution in [2.24, 2.45) is 5.92 Å². The Labute approximate surface area is 145 Å². The van der Waals surface area contributed by atoms with E-state index in [1.54, 1.807) is 0 Å². The first-order valence-corrected chi connectivity index (χ1v) is 8.36. The molecule has 1 fully saturated rings. The lowest BCUT2D eigenvalue weighted by Crippen LogP contribution is -2.52. The lowest BCUT2D eigenvalue weighted by Gasteiger charge is -2.30. The summed E-state index contributed by atoms with van der Waals surface area (Å²) in [6.45, 7) is 2.20. The Morgan fingerprint density at radius 3 is 2.48 bits per heavy atom. The van der Waals surface area contributed by atoms with Gasteiger partial charge in [0.15, 0.2) is 10.2 Å². The van der Waals surface area contributed by atoms with Gasteiger partial charge in [0, 0.05) is 12.1 Å². The van der Waals surface area contributed by atoms with E-state index in [-0.39, 0.29) is 10.8 Å². The molecule has 0 unspecified atom stereocenters. The average Bonchev–Trinajstić information content (AvgIpc) is 2.50. The zero-order valence-electron chi connectivity index (χ0n) is 12.8. The smallest absolute Gasteiger partial charge is 0.189 e. The maximum Gasteiger partial charge on any atom is 0.189 e. The monoisotopic (exact) mass is 358 g/mol. The molecule has 0 saturated heterocycles. The number of hydrogen-bond donors (Lipinski definition) is 4. The van der Waals surface area contributed by atoms with Crippen molar-refractivity contribution >= 4 is 40.3 Å². The Morgan fingerprint density at radius 2 is 1.78 bits per heavy atom. The summed E-state index contributed by atoms with van der Waals surface area (Å²) in [7, 11) is 0. The Hall–Kier alpha value is -1.54. The van der Waals surface area contributed by atoms with Crippen LogP contribution < -0.4 is 21.5 Å². The molecular weight excluding hydrogens is 338 g/mol. The number of hydrogen-bond acceptors (Lipinski definition) is 2. The number of halogens is 2. The molecule has 1 aliphatic carbocycles. The SMILES string of the molecule is C[C@H]1CCCC[C@@H]1NC(=S)NNC(=S)Nc1ccc(F)cc1F. The van der Waals surface area contributed by atoms with Crippen LogP contribution in [0.2, 0.25) is 0 Å². The summed E-state index contributed by atoms with van der Waals surface area (Å²) in [6.07, 6.45) is 4.74. The minimum atomic E-state index is -0.717. The van der Waals surface area contributed by atoms with E-state index in [1.165, 1.54) is 25.3 Å². The van der Waals surface area contributed by atoms with Crippen molar-refractivity contribution in [3.8, 4) is 0 Å². The summed E-state index contributed by atoms with van der Waals surface area (Å²) in [6, 6.07) is 3.56. The molecular formula is C15H20F2N4S2. The molecule has 0 spiro atoms. The summed E-state index contributed by atoms with van der Waals surface area (Å²) in [5.74, 6) is -0.787. The number of anilines is 1. The summed E-state index contributed by atoms with van der Waals surface area (Å²) < 4.78 is 26.4. The van der Waals surface area contributed by atoms with Crippen LogP contribution >= 0.6 is 24.4 Å². The van der Waals surface area contributed by atoms with E-state index in [0.717, 1.165) is 18.6 Å². The standard InChI is InChI=1S/C15H20F2N4S2/c1-9-4-2-3-5-12(9)18-14(22)20-21-15(23)19-13-7-6-10(16)8-11(13)17/h6-9,12H,2-5H2,1H3,(H2,18,20,22)(H2,19,21,23)/t9-,12-/m0/s1. The zero-order valence-corrected chi connectivity index (χ0v) is 14.4. The second-order valence-electron chi connectivity index (χ2n) is 5.67. The molecule has 1 aromatic rings. The Kier molecular flexibility index (Phi) is 6.47. The van der Waals surface area contributed by atoms with Gasteiger partial charge in [0.2, 0.25) is 0 Å². The predicted molar refractivity (Wildman–Crippen MR) is 96.0 cm³/mol. The molecule has 0 radical (unpaired) electrons. The minimum Gasteiger partial charge on any atom is -0.358 e. The molecule has 2 atom stereocenters. The highest BCUT2D eigenvalue weighted by Gasteiger charge is 2.21.